The molecule has 0 bridgehead atoms. The molecule has 3 amide bonds. The van der Waals surface area contributed by atoms with E-state index in [0.717, 1.165) is 0 Å². The Labute approximate surface area is 231 Å². The van der Waals surface area contributed by atoms with Gasteiger partial charge in [-0.05, 0) is 37.1 Å². The summed E-state index contributed by atoms with van der Waals surface area (Å²) in [5, 5.41) is 7.73. The number of hydrogen-bond acceptors (Lipinski definition) is 8. The van der Waals surface area contributed by atoms with E-state index in [1.165, 1.54) is 30.5 Å². The third kappa shape index (κ3) is 6.85. The molecule has 0 saturated carbocycles. The summed E-state index contributed by atoms with van der Waals surface area (Å²) in [4.78, 5) is 36.5. The van der Waals surface area contributed by atoms with Gasteiger partial charge in [-0.15, -0.1) is 0 Å². The number of pyridine rings is 1. The Kier molecular flexibility index (Phi) is 8.23. The zero-order valence-electron chi connectivity index (χ0n) is 21.7. The van der Waals surface area contributed by atoms with Gasteiger partial charge in [-0.3, -0.25) is 4.79 Å². The summed E-state index contributed by atoms with van der Waals surface area (Å²) < 4.78 is 65.0. The van der Waals surface area contributed by atoms with Gasteiger partial charge in [-0.2, -0.15) is 18.2 Å². The Morgan fingerprint density at radius 3 is 2.37 bits per heavy atom. The molecular formula is C26H27F4N7O4. The molecule has 218 valence electrons. The van der Waals surface area contributed by atoms with Crippen LogP contribution in [0.2, 0.25) is 0 Å². The van der Waals surface area contributed by atoms with Gasteiger partial charge in [-0.25, -0.2) is 14.2 Å². The van der Waals surface area contributed by atoms with Crippen molar-refractivity contribution < 1.29 is 36.3 Å². The number of nitrogens with zero attached hydrogens (tertiary/aromatic N) is 4. The summed E-state index contributed by atoms with van der Waals surface area (Å²) in [7, 11) is 0. The Morgan fingerprint density at radius 1 is 0.976 bits per heavy atom. The maximum atomic E-state index is 13.8. The number of carbonyl (C=O) groups excluding carboxylic acids is 2. The first kappa shape index (κ1) is 28.1. The van der Waals surface area contributed by atoms with E-state index < -0.39 is 35.4 Å². The second kappa shape index (κ2) is 12.0. The molecule has 0 aliphatic carbocycles. The predicted octanol–water partition coefficient (Wildman–Crippen LogP) is 4.42. The standard InChI is InChI=1S/C26H27F4N7O4/c27-18-3-1-2-4-19(18)34-25(39)37-11-9-36(10-12-37)20-6-5-17(15-31-20)32-23(38)21-22(26(28,29)30)35-24(41-21)33-16-7-13-40-14-8-16/h1-6,15-16H,7-14H2,(H,32,38)(H,33,35)(H,34,39). The highest BCUT2D eigenvalue weighted by Crippen LogP contribution is 2.34. The second-order valence-corrected chi connectivity index (χ2v) is 9.47. The van der Waals surface area contributed by atoms with E-state index in [1.54, 1.807) is 17.0 Å². The average Bonchev–Trinajstić information content (AvgIpc) is 3.40. The number of rotatable bonds is 6. The lowest BCUT2D eigenvalue weighted by molar-refractivity contribution is -0.141. The highest BCUT2D eigenvalue weighted by Gasteiger charge is 2.41. The molecule has 1 aromatic carbocycles. The van der Waals surface area contributed by atoms with E-state index in [4.69, 9.17) is 9.15 Å². The molecule has 0 spiro atoms. The lowest BCUT2D eigenvalue weighted by Crippen LogP contribution is -2.50. The van der Waals surface area contributed by atoms with Gasteiger partial charge >= 0.3 is 12.2 Å². The minimum atomic E-state index is -4.90. The number of oxazole rings is 1. The van der Waals surface area contributed by atoms with E-state index in [0.29, 0.717) is 58.1 Å². The van der Waals surface area contributed by atoms with Gasteiger partial charge in [-0.1, -0.05) is 12.1 Å². The highest BCUT2D eigenvalue weighted by molar-refractivity contribution is 6.03. The number of carbonyl (C=O) groups is 2. The van der Waals surface area contributed by atoms with Crippen LogP contribution in [0.15, 0.2) is 47.0 Å². The Hall–Kier alpha value is -4.40. The zero-order chi connectivity index (χ0) is 29.0. The van der Waals surface area contributed by atoms with Crippen molar-refractivity contribution in [2.24, 2.45) is 0 Å². The number of halogens is 4. The first-order valence-electron chi connectivity index (χ1n) is 12.9. The molecule has 15 heteroatoms. The minimum Gasteiger partial charge on any atom is -0.418 e. The van der Waals surface area contributed by atoms with Crippen molar-refractivity contribution in [3.63, 3.8) is 0 Å². The van der Waals surface area contributed by atoms with Gasteiger partial charge in [0.2, 0.25) is 5.76 Å². The maximum Gasteiger partial charge on any atom is 0.437 e. The molecular weight excluding hydrogens is 550 g/mol. The molecule has 0 atom stereocenters. The molecule has 3 aromatic rings. The van der Waals surface area contributed by atoms with Gasteiger partial charge in [0.05, 0.1) is 17.6 Å². The van der Waals surface area contributed by atoms with Crippen LogP contribution in [0.3, 0.4) is 0 Å². The Morgan fingerprint density at radius 2 is 1.71 bits per heavy atom. The second-order valence-electron chi connectivity index (χ2n) is 9.47. The summed E-state index contributed by atoms with van der Waals surface area (Å²) >= 11 is 0. The predicted molar refractivity (Wildman–Crippen MR) is 140 cm³/mol. The van der Waals surface area contributed by atoms with Gasteiger partial charge in [0.25, 0.3) is 11.9 Å². The van der Waals surface area contributed by atoms with E-state index in [2.05, 4.69) is 25.9 Å². The fourth-order valence-corrected chi connectivity index (χ4v) is 4.47. The molecule has 2 aliphatic heterocycles. The molecule has 2 fully saturated rings. The number of urea groups is 1. The summed E-state index contributed by atoms with van der Waals surface area (Å²) in [6, 6.07) is 8.01. The number of para-hydroxylation sites is 1. The number of hydrogen-bond donors (Lipinski definition) is 3. The van der Waals surface area contributed by atoms with Gasteiger partial charge in [0.1, 0.15) is 11.6 Å². The van der Waals surface area contributed by atoms with Crippen molar-refractivity contribution >= 4 is 35.1 Å². The summed E-state index contributed by atoms with van der Waals surface area (Å²) in [6.45, 7) is 2.52. The van der Waals surface area contributed by atoms with Crippen molar-refractivity contribution in [2.45, 2.75) is 25.1 Å². The molecule has 0 unspecified atom stereocenters. The van der Waals surface area contributed by atoms with Crippen LogP contribution in [-0.2, 0) is 10.9 Å². The summed E-state index contributed by atoms with van der Waals surface area (Å²) in [5.41, 5.74) is -1.17. The Bertz CT molecular complexity index is 1370. The van der Waals surface area contributed by atoms with Crippen LogP contribution >= 0.6 is 0 Å². The SMILES string of the molecule is O=C(Nc1ccc(N2CCN(C(=O)Nc3ccccc3F)CC2)nc1)c1oc(NC2CCOCC2)nc1C(F)(F)F. The number of amides is 3. The molecule has 2 aromatic heterocycles. The van der Waals surface area contributed by atoms with E-state index >= 15 is 0 Å². The molecule has 0 radical (unpaired) electrons. The Balaban J connectivity index is 1.18. The number of nitrogens with one attached hydrogen (secondary N) is 3. The fourth-order valence-electron chi connectivity index (χ4n) is 4.47. The highest BCUT2D eigenvalue weighted by atomic mass is 19.4. The molecule has 2 saturated heterocycles. The monoisotopic (exact) mass is 577 g/mol. The van der Waals surface area contributed by atoms with Crippen molar-refractivity contribution in [3.8, 4) is 0 Å². The number of alkyl halides is 3. The van der Waals surface area contributed by atoms with Crippen LogP contribution in [0.5, 0.6) is 0 Å². The average molecular weight is 578 g/mol. The molecule has 3 N–H and O–H groups in total. The van der Waals surface area contributed by atoms with Crippen LogP contribution < -0.4 is 20.9 Å². The molecule has 5 rings (SSSR count). The molecule has 11 nitrogen and oxygen atoms in total. The van der Waals surface area contributed by atoms with Crippen LogP contribution in [-0.4, -0.2) is 72.2 Å². The third-order valence-electron chi connectivity index (χ3n) is 6.66. The van der Waals surface area contributed by atoms with E-state index in [-0.39, 0.29) is 23.4 Å². The van der Waals surface area contributed by atoms with Gasteiger partial charge in [0, 0.05) is 45.4 Å². The van der Waals surface area contributed by atoms with Gasteiger partial charge in [0.15, 0.2) is 5.69 Å². The topological polar surface area (TPSA) is 125 Å². The maximum absolute atomic E-state index is 13.8. The van der Waals surface area contributed by atoms with Crippen LogP contribution in [0.4, 0.5) is 45.6 Å². The largest absolute Gasteiger partial charge is 0.437 e. The first-order chi connectivity index (χ1) is 19.7. The smallest absolute Gasteiger partial charge is 0.418 e. The molecule has 41 heavy (non-hydrogen) atoms. The molecule has 2 aliphatic rings. The normalized spacial score (nSPS) is 16.4. The third-order valence-corrected chi connectivity index (χ3v) is 6.66. The number of aromatic nitrogens is 2. The van der Waals surface area contributed by atoms with Crippen LogP contribution in [0.25, 0.3) is 0 Å². The lowest BCUT2D eigenvalue weighted by Gasteiger charge is -2.35. The number of piperazine rings is 1. The number of anilines is 4. The minimum absolute atomic E-state index is 0.0960. The summed E-state index contributed by atoms with van der Waals surface area (Å²) in [5.74, 6) is -2.05. The van der Waals surface area contributed by atoms with Crippen molar-refractivity contribution in [3.05, 3.63) is 59.9 Å². The zero-order valence-corrected chi connectivity index (χ0v) is 21.7. The summed E-state index contributed by atoms with van der Waals surface area (Å²) in [6.07, 6.45) is -2.45. The van der Waals surface area contributed by atoms with Crippen molar-refractivity contribution in [1.82, 2.24) is 14.9 Å². The van der Waals surface area contributed by atoms with Crippen molar-refractivity contribution in [1.29, 1.82) is 0 Å². The van der Waals surface area contributed by atoms with E-state index in [1.807, 2.05) is 4.90 Å². The van der Waals surface area contributed by atoms with Crippen LogP contribution in [0.1, 0.15) is 29.1 Å². The quantitative estimate of drug-likeness (QED) is 0.368. The first-order valence-corrected chi connectivity index (χ1v) is 12.9. The number of benzene rings is 1. The van der Waals surface area contributed by atoms with Crippen molar-refractivity contribution in [2.75, 3.05) is 60.2 Å². The lowest BCUT2D eigenvalue weighted by atomic mass is 10.1. The van der Waals surface area contributed by atoms with Gasteiger partial charge < -0.3 is 34.9 Å². The fraction of sp³-hybridized carbons (Fsp3) is 0.385. The van der Waals surface area contributed by atoms with Crippen LogP contribution in [0, 0.1) is 5.82 Å². The number of ether oxygens (including phenoxy) is 1. The van der Waals surface area contributed by atoms with E-state index in [9.17, 15) is 27.2 Å². The molecule has 4 heterocycles.